The van der Waals surface area contributed by atoms with Crippen LogP contribution in [-0.4, -0.2) is 34.5 Å². The summed E-state index contributed by atoms with van der Waals surface area (Å²) in [5.74, 6) is -1.14. The number of hydrogen-bond acceptors (Lipinski definition) is 5. The average Bonchev–Trinajstić information content (AvgIpc) is 3.08. The summed E-state index contributed by atoms with van der Waals surface area (Å²) in [5, 5.41) is 14.5. The zero-order valence-electron chi connectivity index (χ0n) is 17.4. The smallest absolute Gasteiger partial charge is 0.364 e. The van der Waals surface area contributed by atoms with E-state index >= 15 is 0 Å². The van der Waals surface area contributed by atoms with Crippen molar-refractivity contribution < 1.29 is 35.9 Å². The topological polar surface area (TPSA) is 120 Å². The van der Waals surface area contributed by atoms with E-state index in [-0.39, 0.29) is 11.4 Å². The minimum atomic E-state index is -4.61. The normalized spacial score (nSPS) is 11.6. The van der Waals surface area contributed by atoms with Gasteiger partial charge in [0.2, 0.25) is 0 Å². The maximum atomic E-state index is 12.4. The zero-order chi connectivity index (χ0) is 27.4. The van der Waals surface area contributed by atoms with E-state index in [0.717, 1.165) is 9.36 Å². The van der Waals surface area contributed by atoms with E-state index in [1.807, 2.05) is 0 Å². The van der Waals surface area contributed by atoms with Gasteiger partial charge in [-0.05, 0) is 25.4 Å². The SMILES string of the molecule is Cc1nn(C)c(C#N)c1C(F)(F)F.Cc1nn(C)c(C(N)=O)c1C(F)(F)F.O=C(Cl)C(Cl)(Cl)Cl. The third-order valence-corrected chi connectivity index (χ3v) is 4.66. The molecule has 0 aliphatic rings. The summed E-state index contributed by atoms with van der Waals surface area (Å²) in [7, 11) is 2.54. The van der Waals surface area contributed by atoms with E-state index < -0.39 is 49.8 Å². The highest BCUT2D eigenvalue weighted by Gasteiger charge is 2.40. The number of alkyl halides is 9. The number of amides is 1. The Morgan fingerprint density at radius 1 is 0.912 bits per heavy atom. The number of aryl methyl sites for hydroxylation is 4. The van der Waals surface area contributed by atoms with Gasteiger partial charge in [-0.3, -0.25) is 19.0 Å². The number of nitrogens with zero attached hydrogens (tertiary/aromatic N) is 5. The van der Waals surface area contributed by atoms with Crippen LogP contribution >= 0.6 is 46.4 Å². The van der Waals surface area contributed by atoms with Crippen LogP contribution in [0, 0.1) is 25.2 Å². The quantitative estimate of drug-likeness (QED) is 0.302. The largest absolute Gasteiger partial charge is 0.421 e. The molecule has 0 unspecified atom stereocenters. The highest BCUT2D eigenvalue weighted by molar-refractivity contribution is 6.88. The Morgan fingerprint density at radius 2 is 1.26 bits per heavy atom. The lowest BCUT2D eigenvalue weighted by molar-refractivity contribution is -0.139. The van der Waals surface area contributed by atoms with Crippen LogP contribution in [0.5, 0.6) is 0 Å². The van der Waals surface area contributed by atoms with Gasteiger partial charge in [0.25, 0.3) is 14.9 Å². The molecule has 2 rings (SSSR count). The maximum absolute atomic E-state index is 12.4. The first-order valence-electron chi connectivity index (χ1n) is 8.25. The van der Waals surface area contributed by atoms with Crippen LogP contribution in [0.2, 0.25) is 0 Å². The second-order valence-corrected chi connectivity index (χ2v) is 8.73. The highest BCUT2D eigenvalue weighted by atomic mass is 35.6. The van der Waals surface area contributed by atoms with E-state index in [9.17, 15) is 35.9 Å². The van der Waals surface area contributed by atoms with Gasteiger partial charge in [-0.1, -0.05) is 34.8 Å². The first kappa shape index (κ1) is 31.8. The third-order valence-electron chi connectivity index (χ3n) is 3.57. The van der Waals surface area contributed by atoms with E-state index in [4.69, 9.17) is 57.4 Å². The molecule has 0 saturated carbocycles. The van der Waals surface area contributed by atoms with Gasteiger partial charge in [0, 0.05) is 14.1 Å². The number of halogens is 10. The first-order chi connectivity index (χ1) is 15.1. The van der Waals surface area contributed by atoms with Crippen molar-refractivity contribution in [3.05, 3.63) is 33.9 Å². The fraction of sp³-hybridized carbons (Fsp3) is 0.438. The van der Waals surface area contributed by atoms with E-state index in [0.29, 0.717) is 0 Å². The molecule has 1 amide bonds. The van der Waals surface area contributed by atoms with Crippen LogP contribution < -0.4 is 5.73 Å². The van der Waals surface area contributed by atoms with Gasteiger partial charge >= 0.3 is 12.4 Å². The van der Waals surface area contributed by atoms with Crippen molar-refractivity contribution in [1.82, 2.24) is 19.6 Å². The van der Waals surface area contributed by atoms with Crippen molar-refractivity contribution >= 4 is 57.6 Å². The first-order valence-corrected chi connectivity index (χ1v) is 9.76. The van der Waals surface area contributed by atoms with Gasteiger partial charge in [-0.25, -0.2) is 0 Å². The lowest BCUT2D eigenvalue weighted by atomic mass is 10.2. The molecule has 0 bridgehead atoms. The third kappa shape index (κ3) is 8.53. The highest BCUT2D eigenvalue weighted by Crippen LogP contribution is 2.34. The molecule has 0 radical (unpaired) electrons. The standard InChI is InChI=1S/C7H8F3N3O.C7H6F3N3.C2Cl4O/c1-3-4(7(8,9)10)5(6(11)14)13(2)12-3;1-4-6(7(8,9)10)5(3-11)13(2)12-4;3-1(7)2(4,5)6/h1-2H3,(H2,11,14);1-2H3;. The van der Waals surface area contributed by atoms with Crippen molar-refractivity contribution in [2.24, 2.45) is 19.8 Å². The molecule has 0 aliphatic carbocycles. The zero-order valence-corrected chi connectivity index (χ0v) is 20.4. The van der Waals surface area contributed by atoms with Crippen LogP contribution in [0.15, 0.2) is 0 Å². The van der Waals surface area contributed by atoms with Gasteiger partial charge in [0.1, 0.15) is 22.9 Å². The van der Waals surface area contributed by atoms with E-state index in [1.165, 1.54) is 34.0 Å². The molecule has 190 valence electrons. The molecule has 0 saturated heterocycles. The molecule has 0 aliphatic heterocycles. The molecule has 34 heavy (non-hydrogen) atoms. The predicted molar refractivity (Wildman–Crippen MR) is 110 cm³/mol. The summed E-state index contributed by atoms with van der Waals surface area (Å²) in [4.78, 5) is 20.6. The number of carbonyl (C=O) groups excluding carboxylic acids is 2. The van der Waals surface area contributed by atoms with E-state index in [1.54, 1.807) is 0 Å². The second-order valence-electron chi connectivity index (χ2n) is 6.11. The van der Waals surface area contributed by atoms with Crippen molar-refractivity contribution in [3.8, 4) is 6.07 Å². The Labute approximate surface area is 208 Å². The van der Waals surface area contributed by atoms with Crippen LogP contribution in [0.1, 0.15) is 38.7 Å². The summed E-state index contributed by atoms with van der Waals surface area (Å²) in [6, 6.07) is 1.47. The number of nitrogens with two attached hydrogens (primary N) is 1. The van der Waals surface area contributed by atoms with Crippen molar-refractivity contribution in [2.45, 2.75) is 30.0 Å². The molecule has 8 nitrogen and oxygen atoms in total. The number of hydrogen-bond donors (Lipinski definition) is 1. The Balaban J connectivity index is 0.000000509. The second kappa shape index (κ2) is 11.5. The fourth-order valence-electron chi connectivity index (χ4n) is 2.41. The minimum absolute atomic E-state index is 0.174. The van der Waals surface area contributed by atoms with Gasteiger partial charge in [-0.2, -0.15) is 41.8 Å². The van der Waals surface area contributed by atoms with Crippen LogP contribution in [0.4, 0.5) is 26.3 Å². The molecule has 0 spiro atoms. The molecule has 18 heteroatoms. The molecule has 2 N–H and O–H groups in total. The predicted octanol–water partition coefficient (Wildman–Crippen LogP) is 4.59. The summed E-state index contributed by atoms with van der Waals surface area (Å²) in [6.45, 7) is 2.40. The Bertz CT molecular complexity index is 1100. The lowest BCUT2D eigenvalue weighted by Gasteiger charge is -2.06. The van der Waals surface area contributed by atoms with Gasteiger partial charge in [-0.15, -0.1) is 0 Å². The monoisotopic (exact) mass is 576 g/mol. The molecule has 0 aromatic carbocycles. The molecular weight excluding hydrogens is 564 g/mol. The number of carbonyl (C=O) groups is 2. The van der Waals surface area contributed by atoms with Crippen molar-refractivity contribution in [1.29, 1.82) is 5.26 Å². The van der Waals surface area contributed by atoms with Crippen molar-refractivity contribution in [2.75, 3.05) is 0 Å². The maximum Gasteiger partial charge on any atom is 0.421 e. The van der Waals surface area contributed by atoms with Gasteiger partial charge in [0.05, 0.1) is 11.4 Å². The van der Waals surface area contributed by atoms with Crippen molar-refractivity contribution in [3.63, 3.8) is 0 Å². The number of primary amides is 1. The Hall–Kier alpha value is -2.21. The molecule has 2 aromatic rings. The minimum Gasteiger partial charge on any atom is -0.364 e. The molecule has 2 heterocycles. The molecular formula is C16H14Cl4F6N6O2. The number of rotatable bonds is 1. The molecule has 0 fully saturated rings. The van der Waals surface area contributed by atoms with Gasteiger partial charge in [0.15, 0.2) is 5.69 Å². The van der Waals surface area contributed by atoms with Crippen LogP contribution in [0.3, 0.4) is 0 Å². The fourth-order valence-corrected chi connectivity index (χ4v) is 2.41. The van der Waals surface area contributed by atoms with Gasteiger partial charge < -0.3 is 5.73 Å². The molecule has 2 aromatic heterocycles. The molecule has 0 atom stereocenters. The average molecular weight is 578 g/mol. The summed E-state index contributed by atoms with van der Waals surface area (Å²) >= 11 is 19.5. The van der Waals surface area contributed by atoms with Crippen LogP contribution in [0.25, 0.3) is 0 Å². The van der Waals surface area contributed by atoms with Crippen LogP contribution in [-0.2, 0) is 31.2 Å². The Morgan fingerprint density at radius 3 is 1.50 bits per heavy atom. The number of aromatic nitrogens is 4. The lowest BCUT2D eigenvalue weighted by Crippen LogP contribution is -2.21. The summed E-state index contributed by atoms with van der Waals surface area (Å²) in [5.41, 5.74) is 1.32. The summed E-state index contributed by atoms with van der Waals surface area (Å²) < 4.78 is 74.0. The Kier molecular flexibility index (Phi) is 10.7. The number of nitriles is 1. The van der Waals surface area contributed by atoms with E-state index in [2.05, 4.69) is 10.2 Å². The summed E-state index contributed by atoms with van der Waals surface area (Å²) in [6.07, 6.45) is -9.12.